The van der Waals surface area contributed by atoms with Crippen LogP contribution < -0.4 is 0 Å². The highest BCUT2D eigenvalue weighted by Gasteiger charge is 2.42. The molecular weight excluding hydrogens is 258 g/mol. The number of carboxylic acid groups (broad SMARTS) is 1. The molecule has 20 heavy (non-hydrogen) atoms. The van der Waals surface area contributed by atoms with Crippen LogP contribution in [0.25, 0.3) is 0 Å². The fourth-order valence-corrected chi connectivity index (χ4v) is 2.97. The second kappa shape index (κ2) is 6.57. The molecule has 0 heterocycles. The van der Waals surface area contributed by atoms with Gasteiger partial charge in [-0.1, -0.05) is 6.92 Å². The maximum atomic E-state index is 12.4. The van der Waals surface area contributed by atoms with Crippen molar-refractivity contribution in [1.82, 2.24) is 4.90 Å². The van der Waals surface area contributed by atoms with Gasteiger partial charge in [0, 0.05) is 20.2 Å². The van der Waals surface area contributed by atoms with Crippen LogP contribution in [-0.2, 0) is 14.3 Å². The molecule has 0 aliphatic heterocycles. The highest BCUT2D eigenvalue weighted by Crippen LogP contribution is 2.37. The van der Waals surface area contributed by atoms with Gasteiger partial charge in [0.05, 0.1) is 18.4 Å². The SMILES string of the molecule is CC1CC(C(=O)O)C(C(=O)N(C)CCOCC2CC2)C1. The summed E-state index contributed by atoms with van der Waals surface area (Å²) < 4.78 is 5.53. The molecule has 0 aromatic carbocycles. The molecule has 2 aliphatic carbocycles. The average molecular weight is 283 g/mol. The minimum absolute atomic E-state index is 0.0447. The largest absolute Gasteiger partial charge is 0.481 e. The standard InChI is InChI=1S/C15H25NO4/c1-10-7-12(13(8-10)15(18)19)14(17)16(2)5-6-20-9-11-3-4-11/h10-13H,3-9H2,1-2H3,(H,18,19). The van der Waals surface area contributed by atoms with Crippen molar-refractivity contribution in [3.8, 4) is 0 Å². The molecule has 0 aromatic heterocycles. The molecule has 1 amide bonds. The Morgan fingerprint density at radius 3 is 2.50 bits per heavy atom. The number of carbonyl (C=O) groups excluding carboxylic acids is 1. The number of hydrogen-bond donors (Lipinski definition) is 1. The topological polar surface area (TPSA) is 66.8 Å². The Morgan fingerprint density at radius 1 is 1.25 bits per heavy atom. The molecule has 0 bridgehead atoms. The van der Waals surface area contributed by atoms with Crippen LogP contribution in [0.1, 0.15) is 32.6 Å². The lowest BCUT2D eigenvalue weighted by Gasteiger charge is -2.23. The zero-order chi connectivity index (χ0) is 14.7. The monoisotopic (exact) mass is 283 g/mol. The lowest BCUT2D eigenvalue weighted by molar-refractivity contribution is -0.148. The van der Waals surface area contributed by atoms with Crippen LogP contribution in [0.3, 0.4) is 0 Å². The van der Waals surface area contributed by atoms with Crippen molar-refractivity contribution in [2.24, 2.45) is 23.7 Å². The molecular formula is C15H25NO4. The fourth-order valence-electron chi connectivity index (χ4n) is 2.97. The molecule has 2 saturated carbocycles. The third kappa shape index (κ3) is 3.95. The van der Waals surface area contributed by atoms with Gasteiger partial charge in [-0.05, 0) is 37.5 Å². The van der Waals surface area contributed by atoms with E-state index in [0.29, 0.717) is 31.9 Å². The average Bonchev–Trinajstić information content (AvgIpc) is 3.14. The second-order valence-electron chi connectivity index (χ2n) is 6.41. The van der Waals surface area contributed by atoms with Crippen LogP contribution in [0.2, 0.25) is 0 Å². The van der Waals surface area contributed by atoms with Crippen molar-refractivity contribution in [2.75, 3.05) is 26.8 Å². The van der Waals surface area contributed by atoms with Gasteiger partial charge in [-0.2, -0.15) is 0 Å². The first-order chi connectivity index (χ1) is 9.49. The lowest BCUT2D eigenvalue weighted by Crippen LogP contribution is -2.38. The van der Waals surface area contributed by atoms with E-state index in [1.807, 2.05) is 6.92 Å². The lowest BCUT2D eigenvalue weighted by atomic mass is 9.95. The summed E-state index contributed by atoms with van der Waals surface area (Å²) in [6.07, 6.45) is 3.81. The molecule has 5 heteroatoms. The first-order valence-electron chi connectivity index (χ1n) is 7.54. The molecule has 1 N–H and O–H groups in total. The van der Waals surface area contributed by atoms with E-state index >= 15 is 0 Å². The van der Waals surface area contributed by atoms with E-state index in [0.717, 1.165) is 12.5 Å². The van der Waals surface area contributed by atoms with E-state index in [1.54, 1.807) is 11.9 Å². The predicted molar refractivity (Wildman–Crippen MR) is 74.2 cm³/mol. The molecule has 3 atom stereocenters. The smallest absolute Gasteiger partial charge is 0.307 e. The van der Waals surface area contributed by atoms with E-state index < -0.39 is 11.9 Å². The van der Waals surface area contributed by atoms with Crippen molar-refractivity contribution in [1.29, 1.82) is 0 Å². The number of carboxylic acids is 1. The van der Waals surface area contributed by atoms with Gasteiger partial charge in [0.25, 0.3) is 0 Å². The molecule has 2 rings (SSSR count). The van der Waals surface area contributed by atoms with Crippen LogP contribution in [0.4, 0.5) is 0 Å². The number of rotatable bonds is 7. The Labute approximate surface area is 120 Å². The predicted octanol–water partition coefficient (Wildman–Crippen LogP) is 1.62. The molecule has 2 fully saturated rings. The maximum Gasteiger partial charge on any atom is 0.307 e. The summed E-state index contributed by atoms with van der Waals surface area (Å²) in [6, 6.07) is 0. The first kappa shape index (κ1) is 15.3. The number of hydrogen-bond acceptors (Lipinski definition) is 3. The van der Waals surface area contributed by atoms with Crippen molar-refractivity contribution < 1.29 is 19.4 Å². The summed E-state index contributed by atoms with van der Waals surface area (Å²) in [5.74, 6) is -0.737. The Morgan fingerprint density at radius 2 is 1.90 bits per heavy atom. The van der Waals surface area contributed by atoms with Gasteiger partial charge in [0.2, 0.25) is 5.91 Å². The summed E-state index contributed by atoms with van der Waals surface area (Å²) in [5.41, 5.74) is 0. The van der Waals surface area contributed by atoms with Gasteiger partial charge in [-0.25, -0.2) is 0 Å². The Bertz CT molecular complexity index is 367. The first-order valence-corrected chi connectivity index (χ1v) is 7.54. The minimum Gasteiger partial charge on any atom is -0.481 e. The van der Waals surface area contributed by atoms with Gasteiger partial charge in [0.15, 0.2) is 0 Å². The molecule has 5 nitrogen and oxygen atoms in total. The van der Waals surface area contributed by atoms with Crippen LogP contribution in [0.5, 0.6) is 0 Å². The van der Waals surface area contributed by atoms with E-state index in [4.69, 9.17) is 4.74 Å². The van der Waals surface area contributed by atoms with Crippen LogP contribution >= 0.6 is 0 Å². The van der Waals surface area contributed by atoms with Crippen molar-refractivity contribution in [2.45, 2.75) is 32.6 Å². The quantitative estimate of drug-likeness (QED) is 0.721. The highest BCUT2D eigenvalue weighted by molar-refractivity contribution is 5.85. The Kier molecular flexibility index (Phi) is 5.02. The number of amides is 1. The van der Waals surface area contributed by atoms with Crippen LogP contribution in [0, 0.1) is 23.7 Å². The number of ether oxygens (including phenoxy) is 1. The summed E-state index contributed by atoms with van der Waals surface area (Å²) in [5, 5.41) is 9.22. The number of nitrogens with zero attached hydrogens (tertiary/aromatic N) is 1. The second-order valence-corrected chi connectivity index (χ2v) is 6.41. The van der Waals surface area contributed by atoms with Crippen molar-refractivity contribution in [3.63, 3.8) is 0 Å². The van der Waals surface area contributed by atoms with Gasteiger partial charge < -0.3 is 14.7 Å². The zero-order valence-corrected chi connectivity index (χ0v) is 12.4. The Hall–Kier alpha value is -1.10. The summed E-state index contributed by atoms with van der Waals surface area (Å²) in [6.45, 7) is 3.89. The third-order valence-electron chi connectivity index (χ3n) is 4.43. The van der Waals surface area contributed by atoms with Gasteiger partial charge in [-0.15, -0.1) is 0 Å². The van der Waals surface area contributed by atoms with E-state index in [1.165, 1.54) is 12.8 Å². The molecule has 2 aliphatic rings. The van der Waals surface area contributed by atoms with Crippen molar-refractivity contribution in [3.05, 3.63) is 0 Å². The summed E-state index contributed by atoms with van der Waals surface area (Å²) in [7, 11) is 1.74. The van der Waals surface area contributed by atoms with Crippen LogP contribution in [0.15, 0.2) is 0 Å². The fraction of sp³-hybridized carbons (Fsp3) is 0.867. The van der Waals surface area contributed by atoms with Gasteiger partial charge >= 0.3 is 5.97 Å². The summed E-state index contributed by atoms with van der Waals surface area (Å²) in [4.78, 5) is 25.2. The van der Waals surface area contributed by atoms with E-state index in [-0.39, 0.29) is 11.8 Å². The third-order valence-corrected chi connectivity index (χ3v) is 4.43. The zero-order valence-electron chi connectivity index (χ0n) is 12.4. The van der Waals surface area contributed by atoms with E-state index in [9.17, 15) is 14.7 Å². The minimum atomic E-state index is -0.842. The van der Waals surface area contributed by atoms with E-state index in [2.05, 4.69) is 0 Å². The highest BCUT2D eigenvalue weighted by atomic mass is 16.5. The van der Waals surface area contributed by atoms with Crippen LogP contribution in [-0.4, -0.2) is 48.7 Å². The van der Waals surface area contributed by atoms with Crippen molar-refractivity contribution >= 4 is 11.9 Å². The number of likely N-dealkylation sites (N-methyl/N-ethyl adjacent to an activating group) is 1. The van der Waals surface area contributed by atoms with Gasteiger partial charge in [0.1, 0.15) is 0 Å². The van der Waals surface area contributed by atoms with Gasteiger partial charge in [-0.3, -0.25) is 9.59 Å². The number of aliphatic carboxylic acids is 1. The maximum absolute atomic E-state index is 12.4. The Balaban J connectivity index is 1.77. The number of carbonyl (C=O) groups is 2. The molecule has 114 valence electrons. The molecule has 0 saturated heterocycles. The molecule has 3 unspecified atom stereocenters. The normalized spacial score (nSPS) is 29.4. The molecule has 0 radical (unpaired) electrons. The molecule has 0 aromatic rings. The summed E-state index contributed by atoms with van der Waals surface area (Å²) >= 11 is 0. The molecule has 0 spiro atoms.